The molecule has 3 heterocycles. The molecule has 74 heavy (non-hydrogen) atoms. The van der Waals surface area contributed by atoms with Crippen molar-refractivity contribution in [1.82, 2.24) is 15.1 Å². The van der Waals surface area contributed by atoms with Crippen molar-refractivity contribution in [2.75, 3.05) is 80.4 Å². The van der Waals surface area contributed by atoms with Crippen LogP contribution < -0.4 is 17.7 Å². The summed E-state index contributed by atoms with van der Waals surface area (Å²) in [6, 6.07) is 29.2. The minimum atomic E-state index is -0.939. The van der Waals surface area contributed by atoms with E-state index in [1.54, 1.807) is 31.1 Å². The number of amides is 2. The molecule has 0 saturated carbocycles. The normalized spacial score (nSPS) is 18.6. The fourth-order valence-electron chi connectivity index (χ4n) is 9.16. The topological polar surface area (TPSA) is 156 Å². The minimum Gasteiger partial charge on any atom is -1.00 e. The van der Waals surface area contributed by atoms with Crippen LogP contribution in [0.15, 0.2) is 91.0 Å². The molecule has 5 unspecified atom stereocenters. The Morgan fingerprint density at radius 1 is 0.608 bits per heavy atom. The second-order valence-electron chi connectivity index (χ2n) is 20.9. The van der Waals surface area contributed by atoms with Gasteiger partial charge >= 0.3 is 35.2 Å². The molecule has 3 fully saturated rings. The maximum absolute atomic E-state index is 12.4. The van der Waals surface area contributed by atoms with E-state index in [4.69, 9.17) is 23.7 Å². The molecule has 0 spiro atoms. The van der Waals surface area contributed by atoms with E-state index in [-0.39, 0.29) is 77.7 Å². The van der Waals surface area contributed by atoms with Crippen molar-refractivity contribution >= 4 is 53.4 Å². The Hall–Kier alpha value is -3.02. The molecule has 13 nitrogen and oxygen atoms in total. The van der Waals surface area contributed by atoms with E-state index >= 15 is 0 Å². The van der Waals surface area contributed by atoms with E-state index in [0.29, 0.717) is 57.1 Å². The third-order valence-corrected chi connectivity index (χ3v) is 13.0. The van der Waals surface area contributed by atoms with Gasteiger partial charge in [0.2, 0.25) is 0 Å². The Bertz CT molecular complexity index is 1940. The zero-order valence-corrected chi connectivity index (χ0v) is 49.3. The van der Waals surface area contributed by atoms with Crippen molar-refractivity contribution in [1.29, 1.82) is 0 Å². The number of halogens is 2. The average Bonchev–Trinajstić information content (AvgIpc) is 4.18. The molecule has 3 aliphatic heterocycles. The first-order valence-electron chi connectivity index (χ1n) is 25.9. The van der Waals surface area contributed by atoms with Crippen molar-refractivity contribution in [3.63, 3.8) is 0 Å². The number of aliphatic hydroxyl groups is 2. The van der Waals surface area contributed by atoms with Crippen LogP contribution in [0.4, 0.5) is 9.59 Å². The molecule has 6 rings (SSSR count). The number of unbranched alkanes of at least 4 members (excludes halogenated alkanes) is 3. The van der Waals surface area contributed by atoms with Crippen LogP contribution in [0.3, 0.4) is 0 Å². The fraction of sp³-hybridized carbons (Fsp3) is 0.621. The Morgan fingerprint density at radius 3 is 1.43 bits per heavy atom. The van der Waals surface area contributed by atoms with Gasteiger partial charge in [-0.3, -0.25) is 4.79 Å². The van der Waals surface area contributed by atoms with Gasteiger partial charge < -0.3 is 68.3 Å². The number of hydrogen-bond acceptors (Lipinski definition) is 11. The summed E-state index contributed by atoms with van der Waals surface area (Å²) in [6.45, 7) is 21.2. The first kappa shape index (κ1) is 71.0. The second-order valence-corrected chi connectivity index (χ2v) is 20.9. The summed E-state index contributed by atoms with van der Waals surface area (Å²) < 4.78 is 25.8. The van der Waals surface area contributed by atoms with Gasteiger partial charge in [0, 0.05) is 97.2 Å². The zero-order valence-electron chi connectivity index (χ0n) is 46.3. The van der Waals surface area contributed by atoms with Crippen molar-refractivity contribution in [2.45, 2.75) is 135 Å². The van der Waals surface area contributed by atoms with Crippen molar-refractivity contribution < 1.29 is 60.7 Å². The number of rotatable bonds is 19. The first-order chi connectivity index (χ1) is 33.8. The Kier molecular flexibility index (Phi) is 35.4. The number of ether oxygens (including phenoxy) is 5. The number of methoxy groups -OCH3 is 3. The van der Waals surface area contributed by atoms with Crippen LogP contribution in [-0.4, -0.2) is 153 Å². The third kappa shape index (κ3) is 25.0. The standard InChI is InChI=1S/C21H33NO4.C16H21NO3.C16H25NO2.C5H11O.2ClH.Mg/c1-20(2,3)26-19(23)22-14-12-18(16-22)21(24,13-8-9-15-25-4)17-10-6-5-7-11-17;1-16(2,3)20-15(19)17-10-9-13(11-17)14(18)12-7-5-4-6-8-12;1-19-12-6-5-10-16(18,15-9-11-17-13-15)14-7-3-2-4-8-14;1-3-4-5-6-2;;;/h5-7,10-11,18,24H,8-9,12-16H2,1-4H3;4-8,13H,9-11H2,1-3H3;2-4,7-8,15,17-18H,5-6,9-13H2,1H3;1,3-5H2,2H3;2*1H;/q;;;-1;;;+2/p-1. The van der Waals surface area contributed by atoms with E-state index in [9.17, 15) is 24.6 Å². The summed E-state index contributed by atoms with van der Waals surface area (Å²) in [5, 5.41) is 26.2. The van der Waals surface area contributed by atoms with Gasteiger partial charge in [0.05, 0.1) is 11.2 Å². The van der Waals surface area contributed by atoms with Crippen LogP contribution in [0.1, 0.15) is 134 Å². The van der Waals surface area contributed by atoms with E-state index in [0.717, 1.165) is 95.2 Å². The smallest absolute Gasteiger partial charge is 1.00 e. The molecule has 5 atom stereocenters. The van der Waals surface area contributed by atoms with Gasteiger partial charge in [-0.25, -0.2) is 9.59 Å². The molecule has 0 aromatic heterocycles. The van der Waals surface area contributed by atoms with Crippen LogP contribution in [0, 0.1) is 24.7 Å². The Labute approximate surface area is 473 Å². The maximum Gasteiger partial charge on any atom is 2.00 e. The Balaban J connectivity index is 0.00000101. The quantitative estimate of drug-likeness (QED) is 0.0469. The number of benzene rings is 3. The van der Waals surface area contributed by atoms with Crippen LogP contribution in [-0.2, 0) is 34.9 Å². The summed E-state index contributed by atoms with van der Waals surface area (Å²) in [4.78, 5) is 40.0. The van der Waals surface area contributed by atoms with Gasteiger partial charge in [0.1, 0.15) is 11.2 Å². The third-order valence-electron chi connectivity index (χ3n) is 13.0. The molecule has 2 amide bonds. The number of nitrogens with one attached hydrogen (secondary N) is 1. The average molecular weight is 1090 g/mol. The van der Waals surface area contributed by atoms with Crippen LogP contribution in [0.2, 0.25) is 0 Å². The van der Waals surface area contributed by atoms with Gasteiger partial charge in [-0.2, -0.15) is 6.42 Å². The predicted molar refractivity (Wildman–Crippen MR) is 295 cm³/mol. The minimum absolute atomic E-state index is 0. The zero-order chi connectivity index (χ0) is 52.3. The molecular formula is C58H91Cl2MgN3O10. The Morgan fingerprint density at radius 2 is 1.03 bits per heavy atom. The molecule has 3 aromatic carbocycles. The molecule has 0 aliphatic carbocycles. The number of Topliss-reactive ketones (excluding diaryl/α,β-unsaturated/α-hetero) is 1. The van der Waals surface area contributed by atoms with Gasteiger partial charge in [0.15, 0.2) is 5.78 Å². The fourth-order valence-corrected chi connectivity index (χ4v) is 9.16. The van der Waals surface area contributed by atoms with Crippen molar-refractivity contribution in [3.8, 4) is 0 Å². The summed E-state index contributed by atoms with van der Waals surface area (Å²) in [5.41, 5.74) is 0.0478. The summed E-state index contributed by atoms with van der Waals surface area (Å²) in [5.74, 6) is 0.305. The number of hydrogen-bond donors (Lipinski definition) is 3. The van der Waals surface area contributed by atoms with Gasteiger partial charge in [-0.05, 0) is 117 Å². The number of ketones is 1. The van der Waals surface area contributed by atoms with E-state index < -0.39 is 22.4 Å². The number of carbonyl (C=O) groups excluding carboxylic acids is 3. The molecule has 3 aromatic rings. The second kappa shape index (κ2) is 36.9. The van der Waals surface area contributed by atoms with Crippen LogP contribution >= 0.6 is 12.4 Å². The largest absolute Gasteiger partial charge is 2.00 e. The maximum atomic E-state index is 12.4. The van der Waals surface area contributed by atoms with E-state index in [1.165, 1.54) is 0 Å². The van der Waals surface area contributed by atoms with Gasteiger partial charge in [0.25, 0.3) is 0 Å². The molecule has 3 aliphatic rings. The monoisotopic (exact) mass is 1080 g/mol. The summed E-state index contributed by atoms with van der Waals surface area (Å²) in [7, 11) is 5.12. The first-order valence-corrected chi connectivity index (χ1v) is 25.9. The van der Waals surface area contributed by atoms with E-state index in [1.807, 2.05) is 120 Å². The van der Waals surface area contributed by atoms with Gasteiger partial charge in [-0.1, -0.05) is 97.4 Å². The molecule has 414 valence electrons. The predicted octanol–water partition coefficient (Wildman–Crippen LogP) is 7.67. The number of carbonyl (C=O) groups is 3. The molecule has 0 radical (unpaired) electrons. The van der Waals surface area contributed by atoms with Crippen LogP contribution in [0.25, 0.3) is 0 Å². The van der Waals surface area contributed by atoms with Crippen molar-refractivity contribution in [3.05, 3.63) is 115 Å². The SMILES string of the molecule is CC(C)(C)OC(=O)N1CCC(C(=O)c2ccccc2)C1.COCCCCC(O)(c1ccccc1)C1CCN(C(=O)OC(C)(C)C)C1.COCCCCC(O)(c1ccccc1)C1CCNC1.Cl.[CH2-]CCCOC.[Cl-].[Mg+2]. The molecule has 0 bridgehead atoms. The molecular weight excluding hydrogens is 994 g/mol. The van der Waals surface area contributed by atoms with Crippen LogP contribution in [0.5, 0.6) is 0 Å². The molecule has 16 heteroatoms. The summed E-state index contributed by atoms with van der Waals surface area (Å²) >= 11 is 0. The molecule has 3 saturated heterocycles. The number of likely N-dealkylation sites (tertiary alicyclic amines) is 2. The molecule has 3 N–H and O–H groups in total. The van der Waals surface area contributed by atoms with Gasteiger partial charge in [-0.15, -0.1) is 12.4 Å². The van der Waals surface area contributed by atoms with E-state index in [2.05, 4.69) is 24.4 Å². The number of nitrogens with zero attached hydrogens (tertiary/aromatic N) is 2. The summed E-state index contributed by atoms with van der Waals surface area (Å²) in [6.07, 6.45) is 9.22. The van der Waals surface area contributed by atoms with Crippen molar-refractivity contribution in [2.24, 2.45) is 17.8 Å².